The van der Waals surface area contributed by atoms with Crippen LogP contribution in [0.5, 0.6) is 0 Å². The zero-order valence-corrected chi connectivity index (χ0v) is 10.8. The number of hydrogen-bond donors (Lipinski definition) is 1. The van der Waals surface area contributed by atoms with E-state index in [2.05, 4.69) is 4.74 Å². The molecule has 0 aliphatic carbocycles. The van der Waals surface area contributed by atoms with Gasteiger partial charge in [-0.3, -0.25) is 4.79 Å². The first-order valence-electron chi connectivity index (χ1n) is 6.22. The lowest BCUT2D eigenvalue weighted by Crippen LogP contribution is -2.51. The summed E-state index contributed by atoms with van der Waals surface area (Å²) in [5, 5.41) is 10.1. The Morgan fingerprint density at radius 2 is 1.79 bits per heavy atom. The molecule has 1 aromatic rings. The van der Waals surface area contributed by atoms with Gasteiger partial charge >= 0.3 is 5.97 Å². The van der Waals surface area contributed by atoms with E-state index in [9.17, 15) is 14.7 Å². The van der Waals surface area contributed by atoms with Crippen molar-refractivity contribution in [3.05, 3.63) is 35.9 Å². The minimum absolute atomic E-state index is 0.0764. The van der Waals surface area contributed by atoms with Gasteiger partial charge in [0.1, 0.15) is 0 Å². The van der Waals surface area contributed by atoms with Crippen molar-refractivity contribution in [2.24, 2.45) is 0 Å². The van der Waals surface area contributed by atoms with Crippen LogP contribution in [0.15, 0.2) is 30.3 Å². The fourth-order valence-corrected chi connectivity index (χ4v) is 2.24. The van der Waals surface area contributed by atoms with Crippen molar-refractivity contribution < 1.29 is 19.4 Å². The van der Waals surface area contributed by atoms with E-state index < -0.39 is 11.6 Å². The van der Waals surface area contributed by atoms with Gasteiger partial charge in [0, 0.05) is 31.5 Å². The van der Waals surface area contributed by atoms with E-state index in [0.717, 1.165) is 0 Å². The summed E-state index contributed by atoms with van der Waals surface area (Å²) in [6.07, 6.45) is 0.413. The van der Waals surface area contributed by atoms with Crippen LogP contribution in [0.1, 0.15) is 23.2 Å². The average Bonchev–Trinajstić information content (AvgIpc) is 2.47. The minimum atomic E-state index is -1.46. The highest BCUT2D eigenvalue weighted by Crippen LogP contribution is 2.24. The number of carbonyl (C=O) groups excluding carboxylic acids is 2. The van der Waals surface area contributed by atoms with Crippen LogP contribution in [0.4, 0.5) is 0 Å². The SMILES string of the molecule is COC(=O)C1(O)CCN(C(=O)c2ccccc2)CC1. The van der Waals surface area contributed by atoms with Crippen LogP contribution in [0.3, 0.4) is 0 Å². The lowest BCUT2D eigenvalue weighted by molar-refractivity contribution is -0.166. The lowest BCUT2D eigenvalue weighted by Gasteiger charge is -2.36. The van der Waals surface area contributed by atoms with Crippen molar-refractivity contribution in [1.82, 2.24) is 4.90 Å². The van der Waals surface area contributed by atoms with E-state index in [4.69, 9.17) is 0 Å². The van der Waals surface area contributed by atoms with Crippen LogP contribution in [-0.4, -0.2) is 47.7 Å². The molecule has 1 fully saturated rings. The van der Waals surface area contributed by atoms with Gasteiger partial charge < -0.3 is 14.7 Å². The Balaban J connectivity index is 2.01. The molecule has 0 spiro atoms. The van der Waals surface area contributed by atoms with Gasteiger partial charge in [0.2, 0.25) is 0 Å². The van der Waals surface area contributed by atoms with Crippen molar-refractivity contribution in [3.8, 4) is 0 Å². The Hall–Kier alpha value is -1.88. The predicted molar refractivity (Wildman–Crippen MR) is 68.5 cm³/mol. The maximum Gasteiger partial charge on any atom is 0.337 e. The maximum absolute atomic E-state index is 12.2. The standard InChI is InChI=1S/C14H17NO4/c1-19-13(17)14(18)7-9-15(10-8-14)12(16)11-5-3-2-4-6-11/h2-6,18H,7-10H2,1H3. The largest absolute Gasteiger partial charge is 0.467 e. The zero-order chi connectivity index (χ0) is 13.9. The van der Waals surface area contributed by atoms with Gasteiger partial charge in [0.25, 0.3) is 5.91 Å². The summed E-state index contributed by atoms with van der Waals surface area (Å²) in [7, 11) is 1.25. The minimum Gasteiger partial charge on any atom is -0.467 e. The molecule has 102 valence electrons. The summed E-state index contributed by atoms with van der Waals surface area (Å²) in [6, 6.07) is 8.97. The smallest absolute Gasteiger partial charge is 0.337 e. The molecule has 0 aromatic heterocycles. The molecule has 0 unspecified atom stereocenters. The number of methoxy groups -OCH3 is 1. The van der Waals surface area contributed by atoms with Crippen LogP contribution >= 0.6 is 0 Å². The molecule has 0 radical (unpaired) electrons. The van der Waals surface area contributed by atoms with E-state index in [1.165, 1.54) is 7.11 Å². The molecule has 1 amide bonds. The maximum atomic E-state index is 12.2. The highest BCUT2D eigenvalue weighted by molar-refractivity contribution is 5.94. The molecule has 1 N–H and O–H groups in total. The first-order valence-corrected chi connectivity index (χ1v) is 6.22. The average molecular weight is 263 g/mol. The normalized spacial score (nSPS) is 17.9. The fourth-order valence-electron chi connectivity index (χ4n) is 2.24. The molecule has 0 atom stereocenters. The summed E-state index contributed by atoms with van der Waals surface area (Å²) < 4.78 is 4.58. The van der Waals surface area contributed by atoms with Gasteiger partial charge in [-0.15, -0.1) is 0 Å². The highest BCUT2D eigenvalue weighted by Gasteiger charge is 2.41. The number of aliphatic hydroxyl groups is 1. The Bertz CT molecular complexity index is 464. The third-order valence-electron chi connectivity index (χ3n) is 3.46. The Labute approximate surface area is 111 Å². The van der Waals surface area contributed by atoms with E-state index in [-0.39, 0.29) is 18.7 Å². The summed E-state index contributed by atoms with van der Waals surface area (Å²) in [4.78, 5) is 25.3. The van der Waals surface area contributed by atoms with Crippen LogP contribution < -0.4 is 0 Å². The molecule has 0 bridgehead atoms. The van der Waals surface area contributed by atoms with Crippen LogP contribution in [0.25, 0.3) is 0 Å². The van der Waals surface area contributed by atoms with Gasteiger partial charge in [-0.05, 0) is 12.1 Å². The molecule has 1 aliphatic heterocycles. The van der Waals surface area contributed by atoms with Crippen LogP contribution in [0.2, 0.25) is 0 Å². The molecule has 2 rings (SSSR count). The summed E-state index contributed by atoms with van der Waals surface area (Å²) in [6.45, 7) is 0.693. The predicted octanol–water partition coefficient (Wildman–Crippen LogP) is 0.827. The van der Waals surface area contributed by atoms with Gasteiger partial charge in [-0.2, -0.15) is 0 Å². The van der Waals surface area contributed by atoms with Gasteiger partial charge in [0.15, 0.2) is 5.60 Å². The lowest BCUT2D eigenvalue weighted by atomic mass is 9.91. The summed E-state index contributed by atoms with van der Waals surface area (Å²) in [5.74, 6) is -0.702. The van der Waals surface area contributed by atoms with Crippen molar-refractivity contribution in [2.45, 2.75) is 18.4 Å². The van der Waals surface area contributed by atoms with Gasteiger partial charge in [-0.1, -0.05) is 18.2 Å². The molecule has 1 aliphatic rings. The Morgan fingerprint density at radius 1 is 1.21 bits per heavy atom. The number of piperidine rings is 1. The third-order valence-corrected chi connectivity index (χ3v) is 3.46. The van der Waals surface area contributed by atoms with Crippen molar-refractivity contribution in [2.75, 3.05) is 20.2 Å². The van der Waals surface area contributed by atoms with E-state index >= 15 is 0 Å². The number of benzene rings is 1. The van der Waals surface area contributed by atoms with Crippen molar-refractivity contribution in [1.29, 1.82) is 0 Å². The molecular weight excluding hydrogens is 246 g/mol. The van der Waals surface area contributed by atoms with Crippen LogP contribution in [0, 0.1) is 0 Å². The second-order valence-electron chi connectivity index (χ2n) is 4.68. The van der Waals surface area contributed by atoms with Gasteiger partial charge in [0.05, 0.1) is 7.11 Å². The van der Waals surface area contributed by atoms with Crippen LogP contribution in [-0.2, 0) is 9.53 Å². The van der Waals surface area contributed by atoms with E-state index in [0.29, 0.717) is 18.7 Å². The second kappa shape index (κ2) is 5.40. The Morgan fingerprint density at radius 3 is 2.32 bits per heavy atom. The molecular formula is C14H17NO4. The number of carbonyl (C=O) groups is 2. The second-order valence-corrected chi connectivity index (χ2v) is 4.68. The number of nitrogens with zero attached hydrogens (tertiary/aromatic N) is 1. The molecule has 1 heterocycles. The monoisotopic (exact) mass is 263 g/mol. The highest BCUT2D eigenvalue weighted by atomic mass is 16.5. The number of amides is 1. The number of esters is 1. The summed E-state index contributed by atoms with van der Waals surface area (Å²) in [5.41, 5.74) is -0.839. The van der Waals surface area contributed by atoms with Crippen molar-refractivity contribution in [3.63, 3.8) is 0 Å². The first-order chi connectivity index (χ1) is 9.07. The van der Waals surface area contributed by atoms with Crippen molar-refractivity contribution >= 4 is 11.9 Å². The molecule has 5 heteroatoms. The molecule has 1 saturated heterocycles. The Kier molecular flexibility index (Phi) is 3.85. The number of hydrogen-bond acceptors (Lipinski definition) is 4. The molecule has 1 aromatic carbocycles. The molecule has 5 nitrogen and oxygen atoms in total. The number of ether oxygens (including phenoxy) is 1. The topological polar surface area (TPSA) is 66.8 Å². The summed E-state index contributed by atoms with van der Waals surface area (Å²) >= 11 is 0. The number of rotatable bonds is 2. The first kappa shape index (κ1) is 13.5. The molecule has 19 heavy (non-hydrogen) atoms. The third kappa shape index (κ3) is 2.76. The quantitative estimate of drug-likeness (QED) is 0.802. The van der Waals surface area contributed by atoms with E-state index in [1.54, 1.807) is 17.0 Å². The zero-order valence-electron chi connectivity index (χ0n) is 10.8. The van der Waals surface area contributed by atoms with E-state index in [1.807, 2.05) is 18.2 Å². The number of likely N-dealkylation sites (tertiary alicyclic amines) is 1. The fraction of sp³-hybridized carbons (Fsp3) is 0.429. The van der Waals surface area contributed by atoms with Gasteiger partial charge in [-0.25, -0.2) is 4.79 Å². The molecule has 0 saturated carbocycles.